The van der Waals surface area contributed by atoms with E-state index in [9.17, 15) is 4.79 Å². The van der Waals surface area contributed by atoms with Crippen LogP contribution in [0.2, 0.25) is 0 Å². The zero-order valence-electron chi connectivity index (χ0n) is 9.32. The summed E-state index contributed by atoms with van der Waals surface area (Å²) in [5.74, 6) is 6.09. The van der Waals surface area contributed by atoms with E-state index in [-0.39, 0.29) is 12.7 Å². The molecule has 1 amide bonds. The molecule has 2 rings (SSSR count). The van der Waals surface area contributed by atoms with Crippen molar-refractivity contribution in [1.82, 2.24) is 4.90 Å². The lowest BCUT2D eigenvalue weighted by atomic mass is 9.91. The molecule has 2 aliphatic heterocycles. The SMILES string of the molecule is CC#CCOC(=O)N1C2CCC1C(C)C2. The van der Waals surface area contributed by atoms with Crippen LogP contribution in [-0.4, -0.2) is 29.7 Å². The van der Waals surface area contributed by atoms with Gasteiger partial charge < -0.3 is 9.64 Å². The molecule has 0 aliphatic carbocycles. The van der Waals surface area contributed by atoms with Crippen LogP contribution in [0.1, 0.15) is 33.1 Å². The van der Waals surface area contributed by atoms with Crippen LogP contribution in [0.4, 0.5) is 4.79 Å². The fourth-order valence-electron chi connectivity index (χ4n) is 2.82. The van der Waals surface area contributed by atoms with Crippen LogP contribution in [0.5, 0.6) is 0 Å². The molecule has 2 bridgehead atoms. The number of fused-ring (bicyclic) bond motifs is 2. The highest BCUT2D eigenvalue weighted by Crippen LogP contribution is 2.41. The molecule has 2 saturated heterocycles. The van der Waals surface area contributed by atoms with E-state index in [1.807, 2.05) is 4.90 Å². The number of hydrogen-bond donors (Lipinski definition) is 0. The highest BCUT2D eigenvalue weighted by Gasteiger charge is 2.47. The summed E-state index contributed by atoms with van der Waals surface area (Å²) >= 11 is 0. The van der Waals surface area contributed by atoms with E-state index in [0.29, 0.717) is 18.0 Å². The van der Waals surface area contributed by atoms with Gasteiger partial charge in [-0.1, -0.05) is 12.8 Å². The highest BCUT2D eigenvalue weighted by atomic mass is 16.6. The lowest BCUT2D eigenvalue weighted by Crippen LogP contribution is -2.36. The van der Waals surface area contributed by atoms with Gasteiger partial charge in [0.1, 0.15) is 0 Å². The molecule has 15 heavy (non-hydrogen) atoms. The average Bonchev–Trinajstić information content (AvgIpc) is 2.74. The fourth-order valence-corrected chi connectivity index (χ4v) is 2.82. The molecular weight excluding hydrogens is 190 g/mol. The second-order valence-corrected chi connectivity index (χ2v) is 4.40. The topological polar surface area (TPSA) is 29.5 Å². The Labute approximate surface area is 90.8 Å². The van der Waals surface area contributed by atoms with Crippen molar-refractivity contribution in [1.29, 1.82) is 0 Å². The summed E-state index contributed by atoms with van der Waals surface area (Å²) in [7, 11) is 0. The molecule has 3 nitrogen and oxygen atoms in total. The normalized spacial score (nSPS) is 32.4. The Balaban J connectivity index is 1.93. The summed E-state index contributed by atoms with van der Waals surface area (Å²) in [6.07, 6.45) is 3.25. The first-order chi connectivity index (χ1) is 7.24. The molecule has 0 aromatic rings. The predicted molar refractivity (Wildman–Crippen MR) is 57.2 cm³/mol. The summed E-state index contributed by atoms with van der Waals surface area (Å²) in [6.45, 7) is 4.19. The molecule has 3 unspecified atom stereocenters. The summed E-state index contributed by atoms with van der Waals surface area (Å²) < 4.78 is 5.11. The minimum Gasteiger partial charge on any atom is -0.436 e. The minimum absolute atomic E-state index is 0.172. The monoisotopic (exact) mass is 207 g/mol. The van der Waals surface area contributed by atoms with Gasteiger partial charge in [0.2, 0.25) is 0 Å². The van der Waals surface area contributed by atoms with Crippen molar-refractivity contribution in [3.05, 3.63) is 0 Å². The minimum atomic E-state index is -0.172. The molecule has 0 saturated carbocycles. The Morgan fingerprint density at radius 2 is 2.33 bits per heavy atom. The summed E-state index contributed by atoms with van der Waals surface area (Å²) in [5, 5.41) is 0. The number of hydrogen-bond acceptors (Lipinski definition) is 2. The number of carbonyl (C=O) groups excluding carboxylic acids is 1. The van der Waals surface area contributed by atoms with Crippen LogP contribution in [0.3, 0.4) is 0 Å². The maximum absolute atomic E-state index is 11.8. The van der Waals surface area contributed by atoms with Crippen LogP contribution >= 0.6 is 0 Å². The molecule has 3 atom stereocenters. The number of carbonyl (C=O) groups is 1. The van der Waals surface area contributed by atoms with Crippen molar-refractivity contribution < 1.29 is 9.53 Å². The largest absolute Gasteiger partial charge is 0.436 e. The highest BCUT2D eigenvalue weighted by molar-refractivity contribution is 5.69. The van der Waals surface area contributed by atoms with Crippen LogP contribution in [0, 0.1) is 17.8 Å². The van der Waals surface area contributed by atoms with Crippen molar-refractivity contribution in [3.8, 4) is 11.8 Å². The number of nitrogens with zero attached hydrogens (tertiary/aromatic N) is 1. The van der Waals surface area contributed by atoms with Gasteiger partial charge in [-0.25, -0.2) is 4.79 Å². The Morgan fingerprint density at radius 1 is 1.53 bits per heavy atom. The Kier molecular flexibility index (Phi) is 2.86. The van der Waals surface area contributed by atoms with E-state index in [4.69, 9.17) is 4.74 Å². The smallest absolute Gasteiger partial charge is 0.411 e. The molecule has 82 valence electrons. The maximum atomic E-state index is 11.8. The lowest BCUT2D eigenvalue weighted by Gasteiger charge is -2.21. The average molecular weight is 207 g/mol. The Hall–Kier alpha value is -1.17. The van der Waals surface area contributed by atoms with Crippen molar-refractivity contribution >= 4 is 6.09 Å². The summed E-state index contributed by atoms with van der Waals surface area (Å²) in [5.41, 5.74) is 0. The second-order valence-electron chi connectivity index (χ2n) is 4.40. The molecule has 3 heteroatoms. The summed E-state index contributed by atoms with van der Waals surface area (Å²) in [4.78, 5) is 13.7. The molecule has 0 N–H and O–H groups in total. The quantitative estimate of drug-likeness (QED) is 0.616. The maximum Gasteiger partial charge on any atom is 0.411 e. The van der Waals surface area contributed by atoms with Crippen LogP contribution in [0.15, 0.2) is 0 Å². The third-order valence-electron chi connectivity index (χ3n) is 3.50. The van der Waals surface area contributed by atoms with Crippen LogP contribution < -0.4 is 0 Å². The van der Waals surface area contributed by atoms with Gasteiger partial charge in [-0.2, -0.15) is 0 Å². The van der Waals surface area contributed by atoms with E-state index in [2.05, 4.69) is 18.8 Å². The van der Waals surface area contributed by atoms with Gasteiger partial charge in [-0.05, 0) is 32.1 Å². The van der Waals surface area contributed by atoms with Crippen LogP contribution in [-0.2, 0) is 4.74 Å². The van der Waals surface area contributed by atoms with Gasteiger partial charge in [0, 0.05) is 12.1 Å². The molecule has 0 aromatic heterocycles. The predicted octanol–water partition coefficient (Wildman–Crippen LogP) is 2.02. The Bertz CT molecular complexity index is 315. The lowest BCUT2D eigenvalue weighted by molar-refractivity contribution is 0.106. The van der Waals surface area contributed by atoms with Crippen LogP contribution in [0.25, 0.3) is 0 Å². The third kappa shape index (κ3) is 1.81. The van der Waals surface area contributed by atoms with E-state index < -0.39 is 0 Å². The third-order valence-corrected chi connectivity index (χ3v) is 3.50. The zero-order valence-corrected chi connectivity index (χ0v) is 9.32. The van der Waals surface area contributed by atoms with E-state index >= 15 is 0 Å². The standard InChI is InChI=1S/C12H17NO2/c1-3-4-7-15-12(14)13-10-5-6-11(13)9(2)8-10/h9-11H,5-8H2,1-2H3. The zero-order chi connectivity index (χ0) is 10.8. The molecular formula is C12H17NO2. The molecule has 2 aliphatic rings. The van der Waals surface area contributed by atoms with Crippen molar-refractivity contribution in [2.75, 3.05) is 6.61 Å². The first-order valence-corrected chi connectivity index (χ1v) is 5.58. The van der Waals surface area contributed by atoms with Crippen molar-refractivity contribution in [2.24, 2.45) is 5.92 Å². The first kappa shape index (κ1) is 10.4. The number of rotatable bonds is 1. The van der Waals surface area contributed by atoms with Gasteiger partial charge >= 0.3 is 6.09 Å². The fraction of sp³-hybridized carbons (Fsp3) is 0.750. The van der Waals surface area contributed by atoms with Crippen molar-refractivity contribution in [3.63, 3.8) is 0 Å². The van der Waals surface area contributed by atoms with Crippen molar-refractivity contribution in [2.45, 2.75) is 45.2 Å². The van der Waals surface area contributed by atoms with E-state index in [1.165, 1.54) is 0 Å². The van der Waals surface area contributed by atoms with Gasteiger partial charge in [-0.3, -0.25) is 0 Å². The van der Waals surface area contributed by atoms with Gasteiger partial charge in [0.15, 0.2) is 6.61 Å². The molecule has 0 aromatic carbocycles. The van der Waals surface area contributed by atoms with Gasteiger partial charge in [0.25, 0.3) is 0 Å². The first-order valence-electron chi connectivity index (χ1n) is 5.58. The molecule has 0 spiro atoms. The van der Waals surface area contributed by atoms with E-state index in [1.54, 1.807) is 6.92 Å². The van der Waals surface area contributed by atoms with Gasteiger partial charge in [0.05, 0.1) is 0 Å². The Morgan fingerprint density at radius 3 is 2.87 bits per heavy atom. The van der Waals surface area contributed by atoms with Gasteiger partial charge in [-0.15, -0.1) is 5.92 Å². The number of ether oxygens (including phenoxy) is 1. The molecule has 2 heterocycles. The number of amides is 1. The van der Waals surface area contributed by atoms with E-state index in [0.717, 1.165) is 19.3 Å². The summed E-state index contributed by atoms with van der Waals surface area (Å²) in [6, 6.07) is 0.837. The second kappa shape index (κ2) is 4.14. The molecule has 2 fully saturated rings. The molecule has 0 radical (unpaired) electrons.